The minimum atomic E-state index is -0.107. The molecule has 100 valence electrons. The third kappa shape index (κ3) is 2.77. The Morgan fingerprint density at radius 2 is 1.72 bits per heavy atom. The van der Waals surface area contributed by atoms with Crippen LogP contribution < -0.4 is 5.73 Å². The Labute approximate surface area is 112 Å². The molecule has 0 heterocycles. The van der Waals surface area contributed by atoms with Crippen molar-refractivity contribution in [1.82, 2.24) is 0 Å². The predicted octanol–water partition coefficient (Wildman–Crippen LogP) is 4.45. The van der Waals surface area contributed by atoms with Crippen molar-refractivity contribution in [3.8, 4) is 0 Å². The van der Waals surface area contributed by atoms with Crippen molar-refractivity contribution in [2.45, 2.75) is 65.3 Å². The molecular weight excluding hydrogens is 218 g/mol. The number of benzene rings is 1. The number of hydrogen-bond donors (Lipinski definition) is 1. The lowest BCUT2D eigenvalue weighted by Gasteiger charge is -2.31. The quantitative estimate of drug-likeness (QED) is 0.727. The highest BCUT2D eigenvalue weighted by Gasteiger charge is 2.34. The Hall–Kier alpha value is -0.820. The SMILES string of the molecule is Cc1ccc(C)c(C2(N)CCCC(C)(C)CC2)c1. The Kier molecular flexibility index (Phi) is 3.55. The van der Waals surface area contributed by atoms with E-state index in [1.165, 1.54) is 36.0 Å². The summed E-state index contributed by atoms with van der Waals surface area (Å²) in [7, 11) is 0. The molecule has 0 amide bonds. The molecule has 1 aromatic rings. The van der Waals surface area contributed by atoms with Crippen LogP contribution in [0.4, 0.5) is 0 Å². The van der Waals surface area contributed by atoms with Crippen LogP contribution in [0.2, 0.25) is 0 Å². The van der Waals surface area contributed by atoms with Gasteiger partial charge in [-0.15, -0.1) is 0 Å². The Balaban J connectivity index is 2.33. The van der Waals surface area contributed by atoms with Crippen LogP contribution in [-0.2, 0) is 5.54 Å². The molecule has 2 N–H and O–H groups in total. The molecule has 0 saturated heterocycles. The zero-order valence-corrected chi connectivity index (χ0v) is 12.3. The van der Waals surface area contributed by atoms with Crippen molar-refractivity contribution in [2.24, 2.45) is 11.1 Å². The molecule has 0 radical (unpaired) electrons. The first-order valence-electron chi connectivity index (χ1n) is 7.19. The van der Waals surface area contributed by atoms with Crippen LogP contribution in [0.1, 0.15) is 62.6 Å². The maximum Gasteiger partial charge on any atom is 0.0412 e. The highest BCUT2D eigenvalue weighted by Crippen LogP contribution is 2.42. The lowest BCUT2D eigenvalue weighted by Crippen LogP contribution is -2.37. The Morgan fingerprint density at radius 1 is 1.00 bits per heavy atom. The fourth-order valence-corrected chi connectivity index (χ4v) is 3.24. The average molecular weight is 245 g/mol. The second-order valence-corrected chi connectivity index (χ2v) is 6.99. The molecule has 0 bridgehead atoms. The lowest BCUT2D eigenvalue weighted by molar-refractivity contribution is 0.299. The minimum Gasteiger partial charge on any atom is -0.321 e. The van der Waals surface area contributed by atoms with Crippen LogP contribution in [0.3, 0.4) is 0 Å². The van der Waals surface area contributed by atoms with Gasteiger partial charge in [-0.2, -0.15) is 0 Å². The molecule has 1 fully saturated rings. The summed E-state index contributed by atoms with van der Waals surface area (Å²) >= 11 is 0. The first-order chi connectivity index (χ1) is 8.32. The number of hydrogen-bond acceptors (Lipinski definition) is 1. The Morgan fingerprint density at radius 3 is 2.44 bits per heavy atom. The average Bonchev–Trinajstić information content (AvgIpc) is 2.42. The van der Waals surface area contributed by atoms with E-state index in [9.17, 15) is 0 Å². The van der Waals surface area contributed by atoms with Gasteiger partial charge in [-0.1, -0.05) is 44.0 Å². The first kappa shape index (κ1) is 13.6. The van der Waals surface area contributed by atoms with Crippen molar-refractivity contribution >= 4 is 0 Å². The molecule has 1 saturated carbocycles. The minimum absolute atomic E-state index is 0.107. The molecule has 1 atom stereocenters. The number of nitrogens with two attached hydrogens (primary N) is 1. The van der Waals surface area contributed by atoms with E-state index < -0.39 is 0 Å². The molecule has 0 aliphatic heterocycles. The third-order valence-electron chi connectivity index (χ3n) is 4.65. The summed E-state index contributed by atoms with van der Waals surface area (Å²) in [6.45, 7) is 9.11. The molecular formula is C17H27N. The first-order valence-corrected chi connectivity index (χ1v) is 7.19. The zero-order chi connectivity index (χ0) is 13.4. The predicted molar refractivity (Wildman–Crippen MR) is 78.6 cm³/mol. The molecule has 1 nitrogen and oxygen atoms in total. The van der Waals surface area contributed by atoms with Gasteiger partial charge in [-0.25, -0.2) is 0 Å². The normalized spacial score (nSPS) is 27.8. The standard InChI is InChI=1S/C17H27N/c1-13-6-7-14(2)15(12-13)17(18)9-5-8-16(3,4)10-11-17/h6-7,12H,5,8-11,18H2,1-4H3. The van der Waals surface area contributed by atoms with Crippen molar-refractivity contribution in [2.75, 3.05) is 0 Å². The summed E-state index contributed by atoms with van der Waals surface area (Å²) in [5.41, 5.74) is 11.2. The van der Waals surface area contributed by atoms with E-state index >= 15 is 0 Å². The van der Waals surface area contributed by atoms with Gasteiger partial charge in [0.15, 0.2) is 0 Å². The van der Waals surface area contributed by atoms with E-state index in [1.54, 1.807) is 0 Å². The van der Waals surface area contributed by atoms with E-state index in [0.717, 1.165) is 12.8 Å². The second kappa shape index (κ2) is 4.70. The van der Waals surface area contributed by atoms with Gasteiger partial charge in [0.2, 0.25) is 0 Å². The van der Waals surface area contributed by atoms with Crippen molar-refractivity contribution in [1.29, 1.82) is 0 Å². The lowest BCUT2D eigenvalue weighted by atomic mass is 9.79. The fraction of sp³-hybridized carbons (Fsp3) is 0.647. The summed E-state index contributed by atoms with van der Waals surface area (Å²) in [4.78, 5) is 0. The summed E-state index contributed by atoms with van der Waals surface area (Å²) in [5.74, 6) is 0. The molecule has 1 aromatic carbocycles. The van der Waals surface area contributed by atoms with Crippen molar-refractivity contribution in [3.05, 3.63) is 34.9 Å². The van der Waals surface area contributed by atoms with Crippen molar-refractivity contribution in [3.63, 3.8) is 0 Å². The number of rotatable bonds is 1. The van der Waals surface area contributed by atoms with Gasteiger partial charge in [-0.3, -0.25) is 0 Å². The highest BCUT2D eigenvalue weighted by molar-refractivity contribution is 5.36. The van der Waals surface area contributed by atoms with Gasteiger partial charge in [0.1, 0.15) is 0 Å². The molecule has 0 aromatic heterocycles. The Bertz CT molecular complexity index is 433. The molecule has 2 rings (SSSR count). The van der Waals surface area contributed by atoms with Crippen LogP contribution in [0.15, 0.2) is 18.2 Å². The van der Waals surface area contributed by atoms with Crippen LogP contribution in [0.25, 0.3) is 0 Å². The van der Waals surface area contributed by atoms with E-state index in [4.69, 9.17) is 5.73 Å². The monoisotopic (exact) mass is 245 g/mol. The van der Waals surface area contributed by atoms with Gasteiger partial charge >= 0.3 is 0 Å². The van der Waals surface area contributed by atoms with Crippen LogP contribution in [0, 0.1) is 19.3 Å². The molecule has 0 spiro atoms. The molecule has 1 heteroatoms. The molecule has 1 aliphatic rings. The van der Waals surface area contributed by atoms with Crippen LogP contribution in [-0.4, -0.2) is 0 Å². The third-order valence-corrected chi connectivity index (χ3v) is 4.65. The van der Waals surface area contributed by atoms with Gasteiger partial charge < -0.3 is 5.73 Å². The van der Waals surface area contributed by atoms with E-state index in [1.807, 2.05) is 0 Å². The number of aryl methyl sites for hydroxylation is 2. The highest BCUT2D eigenvalue weighted by atomic mass is 14.7. The van der Waals surface area contributed by atoms with Crippen molar-refractivity contribution < 1.29 is 0 Å². The van der Waals surface area contributed by atoms with Gasteiger partial charge in [-0.05, 0) is 56.1 Å². The smallest absolute Gasteiger partial charge is 0.0412 e. The topological polar surface area (TPSA) is 26.0 Å². The zero-order valence-electron chi connectivity index (χ0n) is 12.3. The molecule has 1 aliphatic carbocycles. The maximum atomic E-state index is 6.77. The maximum absolute atomic E-state index is 6.77. The summed E-state index contributed by atoms with van der Waals surface area (Å²) < 4.78 is 0. The summed E-state index contributed by atoms with van der Waals surface area (Å²) in [5, 5.41) is 0. The summed E-state index contributed by atoms with van der Waals surface area (Å²) in [6.07, 6.45) is 6.02. The van der Waals surface area contributed by atoms with E-state index in [-0.39, 0.29) is 5.54 Å². The second-order valence-electron chi connectivity index (χ2n) is 6.99. The van der Waals surface area contributed by atoms with Crippen LogP contribution >= 0.6 is 0 Å². The van der Waals surface area contributed by atoms with Crippen LogP contribution in [0.5, 0.6) is 0 Å². The van der Waals surface area contributed by atoms with E-state index in [0.29, 0.717) is 5.41 Å². The van der Waals surface area contributed by atoms with Gasteiger partial charge in [0.05, 0.1) is 0 Å². The summed E-state index contributed by atoms with van der Waals surface area (Å²) in [6, 6.07) is 6.70. The van der Waals surface area contributed by atoms with Gasteiger partial charge in [0, 0.05) is 5.54 Å². The van der Waals surface area contributed by atoms with E-state index in [2.05, 4.69) is 45.9 Å². The largest absolute Gasteiger partial charge is 0.321 e. The molecule has 1 unspecified atom stereocenters. The fourth-order valence-electron chi connectivity index (χ4n) is 3.24. The molecule has 18 heavy (non-hydrogen) atoms. The van der Waals surface area contributed by atoms with Gasteiger partial charge in [0.25, 0.3) is 0 Å².